The van der Waals surface area contributed by atoms with Gasteiger partial charge in [-0.2, -0.15) is 0 Å². The van der Waals surface area contributed by atoms with Crippen LogP contribution in [0.1, 0.15) is 56.9 Å². The minimum atomic E-state index is -0.640. The lowest BCUT2D eigenvalue weighted by Gasteiger charge is -2.21. The van der Waals surface area contributed by atoms with Crippen LogP contribution in [0.25, 0.3) is 11.1 Å². The van der Waals surface area contributed by atoms with Crippen molar-refractivity contribution in [1.29, 1.82) is 0 Å². The van der Waals surface area contributed by atoms with Gasteiger partial charge in [-0.3, -0.25) is 9.79 Å². The molecule has 0 amide bonds. The van der Waals surface area contributed by atoms with Crippen molar-refractivity contribution < 1.29 is 23.7 Å². The fourth-order valence-electron chi connectivity index (χ4n) is 4.38. The Balaban J connectivity index is 2.24. The van der Waals surface area contributed by atoms with Gasteiger partial charge >= 0.3 is 0 Å². The van der Waals surface area contributed by atoms with Crippen molar-refractivity contribution >= 4 is 17.5 Å². The van der Waals surface area contributed by atoms with Gasteiger partial charge in [0.05, 0.1) is 25.3 Å². The molecule has 0 bridgehead atoms. The maximum absolute atomic E-state index is 14.9. The molecule has 0 aliphatic carbocycles. The maximum atomic E-state index is 14.9. The summed E-state index contributed by atoms with van der Waals surface area (Å²) in [5, 5.41) is 12.3. The van der Waals surface area contributed by atoms with E-state index in [2.05, 4.69) is 9.98 Å². The quantitative estimate of drug-likeness (QED) is 0.144. The van der Waals surface area contributed by atoms with Gasteiger partial charge in [0.2, 0.25) is 5.90 Å². The molecule has 0 spiro atoms. The summed E-state index contributed by atoms with van der Waals surface area (Å²) >= 11 is 6.05. The number of benzene rings is 2. The van der Waals surface area contributed by atoms with Crippen LogP contribution in [0.5, 0.6) is 17.2 Å². The molecule has 0 aliphatic heterocycles. The van der Waals surface area contributed by atoms with Crippen LogP contribution < -0.4 is 15.0 Å². The first-order valence-corrected chi connectivity index (χ1v) is 13.5. The number of aliphatic imine (C=N–C) groups is 1. The highest BCUT2D eigenvalue weighted by Crippen LogP contribution is 2.46. The molecule has 2 aromatic carbocycles. The van der Waals surface area contributed by atoms with Crippen LogP contribution in [-0.4, -0.2) is 37.3 Å². The van der Waals surface area contributed by atoms with E-state index in [1.165, 1.54) is 33.4 Å². The summed E-state index contributed by atoms with van der Waals surface area (Å²) in [4.78, 5) is 20.6. The normalized spacial score (nSPS) is 12.2. The van der Waals surface area contributed by atoms with Gasteiger partial charge in [0, 0.05) is 24.2 Å². The third-order valence-electron chi connectivity index (χ3n) is 6.71. The van der Waals surface area contributed by atoms with Gasteiger partial charge in [-0.1, -0.05) is 44.0 Å². The van der Waals surface area contributed by atoms with Crippen LogP contribution >= 0.6 is 11.6 Å². The Hall–Kier alpha value is -3.78. The van der Waals surface area contributed by atoms with E-state index in [-0.39, 0.29) is 34.1 Å². The lowest BCUT2D eigenvalue weighted by atomic mass is 9.95. The molecule has 3 aromatic rings. The van der Waals surface area contributed by atoms with E-state index in [4.69, 9.17) is 25.8 Å². The van der Waals surface area contributed by atoms with Gasteiger partial charge in [-0.25, -0.2) is 4.39 Å². The van der Waals surface area contributed by atoms with E-state index in [1.54, 1.807) is 12.1 Å². The average Bonchev–Trinajstić information content (AvgIpc) is 2.95. The number of nitrogens with zero attached hydrogens (tertiary/aromatic N) is 1. The summed E-state index contributed by atoms with van der Waals surface area (Å²) in [5.41, 5.74) is 1.93. The zero-order valence-electron chi connectivity index (χ0n) is 23.8. The van der Waals surface area contributed by atoms with Crippen LogP contribution in [0.2, 0.25) is 5.02 Å². The molecule has 214 valence electrons. The molecule has 0 radical (unpaired) electrons. The largest absolute Gasteiger partial charge is 0.506 e. The molecule has 7 nitrogen and oxygen atoms in total. The summed E-state index contributed by atoms with van der Waals surface area (Å²) in [6.07, 6.45) is 3.09. The second-order valence-corrected chi connectivity index (χ2v) is 9.72. The first-order valence-electron chi connectivity index (χ1n) is 13.2. The summed E-state index contributed by atoms with van der Waals surface area (Å²) < 4.78 is 32.1. The fraction of sp³-hybridized carbons (Fsp3) is 0.355. The molecule has 40 heavy (non-hydrogen) atoms. The van der Waals surface area contributed by atoms with Gasteiger partial charge in [0.15, 0.2) is 11.6 Å². The van der Waals surface area contributed by atoms with E-state index in [1.807, 2.05) is 32.9 Å². The fourth-order valence-corrected chi connectivity index (χ4v) is 4.50. The maximum Gasteiger partial charge on any atom is 0.264 e. The van der Waals surface area contributed by atoms with Crippen molar-refractivity contribution in [2.45, 2.75) is 52.9 Å². The number of H-pyrrole nitrogens is 1. The minimum Gasteiger partial charge on any atom is -0.506 e. The molecule has 0 saturated carbocycles. The molecule has 0 unspecified atom stereocenters. The number of nitrogens with one attached hydrogen (secondary N) is 1. The Kier molecular flexibility index (Phi) is 10.8. The summed E-state index contributed by atoms with van der Waals surface area (Å²) in [7, 11) is 4.25. The molecule has 0 atom stereocenters. The van der Waals surface area contributed by atoms with E-state index in [9.17, 15) is 14.3 Å². The van der Waals surface area contributed by atoms with Crippen LogP contribution in [0.4, 0.5) is 4.39 Å². The summed E-state index contributed by atoms with van der Waals surface area (Å²) in [5.74, 6) is -0.386. The number of aryl methyl sites for hydroxylation is 1. The molecular formula is C31H36ClFN2O5. The first kappa shape index (κ1) is 30.8. The zero-order chi connectivity index (χ0) is 29.4. The Morgan fingerprint density at radius 2 is 1.77 bits per heavy atom. The van der Waals surface area contributed by atoms with Crippen molar-refractivity contribution in [3.8, 4) is 28.4 Å². The molecule has 1 aromatic heterocycles. The zero-order valence-corrected chi connectivity index (χ0v) is 24.5. The highest BCUT2D eigenvalue weighted by atomic mass is 35.5. The number of aromatic hydroxyl groups is 1. The molecule has 0 fully saturated rings. The van der Waals surface area contributed by atoms with Crippen LogP contribution in [-0.2, 0) is 17.6 Å². The number of methoxy groups -OCH3 is 2. The lowest BCUT2D eigenvalue weighted by molar-refractivity contribution is 0.375. The number of allylic oxidation sites excluding steroid dienone is 2. The molecule has 9 heteroatoms. The highest BCUT2D eigenvalue weighted by molar-refractivity contribution is 6.30. The predicted molar refractivity (Wildman–Crippen MR) is 158 cm³/mol. The third kappa shape index (κ3) is 6.67. The van der Waals surface area contributed by atoms with Crippen LogP contribution in [0.3, 0.4) is 0 Å². The Morgan fingerprint density at radius 1 is 1.07 bits per heavy atom. The van der Waals surface area contributed by atoms with E-state index < -0.39 is 17.1 Å². The van der Waals surface area contributed by atoms with Crippen molar-refractivity contribution in [2.75, 3.05) is 21.3 Å². The number of ether oxygens (including phenoxy) is 3. The number of halogens is 2. The number of hydrogen-bond donors (Lipinski definition) is 2. The van der Waals surface area contributed by atoms with E-state index in [0.29, 0.717) is 35.7 Å². The van der Waals surface area contributed by atoms with Gasteiger partial charge in [-0.15, -0.1) is 0 Å². The smallest absolute Gasteiger partial charge is 0.264 e. The SMILES string of the molecule is CCCCc1[nH]c(=O)c(C(=NC)OC(Cc2ccc(Cl)cc2)=C(C)CC)c(O)c1-c1c(OC)ccc(F)c1OC. The third-order valence-corrected chi connectivity index (χ3v) is 6.97. The molecule has 0 aliphatic rings. The number of pyridine rings is 1. The van der Waals surface area contributed by atoms with E-state index in [0.717, 1.165) is 24.0 Å². The Bertz CT molecular complexity index is 1460. The van der Waals surface area contributed by atoms with Crippen molar-refractivity contribution in [1.82, 2.24) is 4.98 Å². The molecule has 0 saturated heterocycles. The van der Waals surface area contributed by atoms with Gasteiger partial charge in [0.25, 0.3) is 5.56 Å². The van der Waals surface area contributed by atoms with Crippen LogP contribution in [0.15, 0.2) is 57.5 Å². The van der Waals surface area contributed by atoms with Gasteiger partial charge in [0.1, 0.15) is 22.8 Å². The van der Waals surface area contributed by atoms with Crippen molar-refractivity contribution in [3.63, 3.8) is 0 Å². The number of hydrogen-bond acceptors (Lipinski definition) is 6. The topological polar surface area (TPSA) is 93.1 Å². The van der Waals surface area contributed by atoms with Gasteiger partial charge < -0.3 is 24.3 Å². The second kappa shape index (κ2) is 14.0. The van der Waals surface area contributed by atoms with Crippen LogP contribution in [0, 0.1) is 5.82 Å². The summed E-state index contributed by atoms with van der Waals surface area (Å²) in [6, 6.07) is 10.0. The Labute approximate surface area is 239 Å². The number of aromatic amines is 1. The highest BCUT2D eigenvalue weighted by Gasteiger charge is 2.29. The number of unbranched alkanes of at least 4 members (excludes halogenated alkanes) is 1. The number of rotatable bonds is 11. The lowest BCUT2D eigenvalue weighted by Crippen LogP contribution is -2.23. The summed E-state index contributed by atoms with van der Waals surface area (Å²) in [6.45, 7) is 5.94. The molecular weight excluding hydrogens is 535 g/mol. The number of aromatic nitrogens is 1. The Morgan fingerprint density at radius 3 is 2.35 bits per heavy atom. The second-order valence-electron chi connectivity index (χ2n) is 9.28. The monoisotopic (exact) mass is 570 g/mol. The molecule has 3 rings (SSSR count). The minimum absolute atomic E-state index is 0.0758. The van der Waals surface area contributed by atoms with Crippen molar-refractivity contribution in [3.05, 3.63) is 85.7 Å². The average molecular weight is 571 g/mol. The standard InChI is InChI=1S/C31H36ClFN2O5/c1-7-9-10-22-25(26-23(38-5)16-15-21(33)29(26)39-6)28(36)27(30(37)35-22)31(34-4)40-24(18(3)8-2)17-19-11-13-20(32)14-12-19/h11-16H,7-10,17H2,1-6H3,(H2,35,36,37). The predicted octanol–water partition coefficient (Wildman–Crippen LogP) is 7.22. The van der Waals surface area contributed by atoms with Crippen molar-refractivity contribution in [2.24, 2.45) is 4.99 Å². The van der Waals surface area contributed by atoms with Gasteiger partial charge in [-0.05, 0) is 61.6 Å². The first-order chi connectivity index (χ1) is 19.2. The molecule has 2 N–H and O–H groups in total. The molecule has 1 heterocycles. The van der Waals surface area contributed by atoms with E-state index >= 15 is 0 Å².